The summed E-state index contributed by atoms with van der Waals surface area (Å²) in [4.78, 5) is 19.1. The molecule has 0 aliphatic heterocycles. The van der Waals surface area contributed by atoms with Gasteiger partial charge in [0, 0.05) is 19.8 Å². The molecule has 0 radical (unpaired) electrons. The lowest BCUT2D eigenvalue weighted by Gasteiger charge is -2.17. The van der Waals surface area contributed by atoms with Gasteiger partial charge in [-0.1, -0.05) is 54.6 Å². The molecule has 1 aliphatic rings. The van der Waals surface area contributed by atoms with Gasteiger partial charge in [-0.3, -0.25) is 0 Å². The van der Waals surface area contributed by atoms with E-state index in [0.717, 1.165) is 25.8 Å². The highest BCUT2D eigenvalue weighted by molar-refractivity contribution is 5.86. The first-order valence-electron chi connectivity index (χ1n) is 10.7. The summed E-state index contributed by atoms with van der Waals surface area (Å²) in [5, 5.41) is 0.602. The van der Waals surface area contributed by atoms with Crippen molar-refractivity contribution in [1.82, 2.24) is 19.9 Å². The zero-order chi connectivity index (χ0) is 22.1. The van der Waals surface area contributed by atoms with Crippen molar-refractivity contribution >= 4 is 34.3 Å². The molecule has 0 saturated carbocycles. The van der Waals surface area contributed by atoms with Crippen LogP contribution in [0, 0.1) is 0 Å². The van der Waals surface area contributed by atoms with Crippen molar-refractivity contribution < 1.29 is 0 Å². The van der Waals surface area contributed by atoms with Crippen LogP contribution >= 0.6 is 0 Å². The van der Waals surface area contributed by atoms with Gasteiger partial charge >= 0.3 is 0 Å². The molecule has 2 aromatic carbocycles. The maximum Gasteiger partial charge on any atom is 0.227 e. The number of rotatable bonds is 4. The Bertz CT molecular complexity index is 1280. The van der Waals surface area contributed by atoms with E-state index in [2.05, 4.69) is 74.5 Å². The van der Waals surface area contributed by atoms with E-state index in [9.17, 15) is 0 Å². The predicted molar refractivity (Wildman–Crippen MR) is 129 cm³/mol. The zero-order valence-corrected chi connectivity index (χ0v) is 18.0. The average Bonchev–Trinajstić information content (AvgIpc) is 2.96. The Kier molecular flexibility index (Phi) is 5.15. The van der Waals surface area contributed by atoms with E-state index in [1.165, 1.54) is 27.8 Å². The van der Waals surface area contributed by atoms with Gasteiger partial charge in [0.25, 0.3) is 0 Å². The van der Waals surface area contributed by atoms with Crippen LogP contribution in [0.3, 0.4) is 0 Å². The first-order chi connectivity index (χ1) is 15.6. The van der Waals surface area contributed by atoms with Gasteiger partial charge in [0.1, 0.15) is 5.82 Å². The lowest BCUT2D eigenvalue weighted by molar-refractivity contribution is 0.857. The van der Waals surface area contributed by atoms with Gasteiger partial charge in [0.15, 0.2) is 5.65 Å². The van der Waals surface area contributed by atoms with E-state index < -0.39 is 0 Å². The molecule has 4 aromatic rings. The second kappa shape index (κ2) is 8.26. The first-order valence-corrected chi connectivity index (χ1v) is 10.7. The number of anilines is 3. The monoisotopic (exact) mass is 423 g/mol. The van der Waals surface area contributed by atoms with Crippen LogP contribution in [0.15, 0.2) is 60.8 Å². The minimum atomic E-state index is 0.109. The van der Waals surface area contributed by atoms with E-state index in [-0.39, 0.29) is 11.8 Å². The van der Waals surface area contributed by atoms with Crippen LogP contribution in [0.2, 0.25) is 0 Å². The number of benzene rings is 2. The molecule has 0 saturated heterocycles. The maximum absolute atomic E-state index is 5.90. The molecule has 0 unspecified atom stereocenters. The van der Waals surface area contributed by atoms with E-state index in [4.69, 9.17) is 11.5 Å². The summed E-state index contributed by atoms with van der Waals surface area (Å²) < 4.78 is 0. The molecule has 5 rings (SSSR count). The molecule has 0 atom stereocenters. The van der Waals surface area contributed by atoms with Gasteiger partial charge in [-0.25, -0.2) is 4.98 Å². The number of hydrogen-bond donors (Lipinski definition) is 2. The average molecular weight is 424 g/mol. The third-order valence-corrected chi connectivity index (χ3v) is 5.92. The van der Waals surface area contributed by atoms with Gasteiger partial charge in [-0.2, -0.15) is 15.0 Å². The first kappa shape index (κ1) is 19.9. The van der Waals surface area contributed by atoms with Gasteiger partial charge in [0.2, 0.25) is 11.9 Å². The summed E-state index contributed by atoms with van der Waals surface area (Å²) in [7, 11) is 1.97. The van der Waals surface area contributed by atoms with Crippen molar-refractivity contribution in [1.29, 1.82) is 0 Å². The standard InChI is InChI=1S/C25H25N7/c1-32(25-28-15-21-22(26)29-24(27)30-23(21)31-25)14-6-11-20-18-9-4-2-7-16(18)12-13-17-8-3-5-10-19(17)20/h2-5,7-11,15H,6,12-14H2,1H3,(H4,26,27,28,29,30,31). The summed E-state index contributed by atoms with van der Waals surface area (Å²) in [6.07, 6.45) is 6.95. The Balaban J connectivity index is 1.42. The highest BCUT2D eigenvalue weighted by Gasteiger charge is 2.17. The Labute approximate surface area is 186 Å². The topological polar surface area (TPSA) is 107 Å². The number of nitrogen functional groups attached to an aromatic ring is 2. The molecule has 0 amide bonds. The highest BCUT2D eigenvalue weighted by atomic mass is 15.2. The van der Waals surface area contributed by atoms with Crippen LogP contribution in [0.1, 0.15) is 28.7 Å². The number of hydrogen-bond acceptors (Lipinski definition) is 7. The SMILES string of the molecule is CN(CCC=C1c2ccccc2CCc2ccccc21)c1ncc2c(N)nc(N)nc2n1. The fourth-order valence-corrected chi connectivity index (χ4v) is 4.27. The Morgan fingerprint density at radius 2 is 1.56 bits per heavy atom. The van der Waals surface area contributed by atoms with Crippen LogP contribution in [0.25, 0.3) is 16.6 Å². The van der Waals surface area contributed by atoms with Crippen LogP contribution in [0.5, 0.6) is 0 Å². The third-order valence-electron chi connectivity index (χ3n) is 5.92. The smallest absolute Gasteiger partial charge is 0.227 e. The fourth-order valence-electron chi connectivity index (χ4n) is 4.27. The van der Waals surface area contributed by atoms with Crippen molar-refractivity contribution in [3.05, 3.63) is 83.1 Å². The Morgan fingerprint density at radius 1 is 0.906 bits per heavy atom. The lowest BCUT2D eigenvalue weighted by atomic mass is 9.93. The molecule has 2 heterocycles. The zero-order valence-electron chi connectivity index (χ0n) is 18.0. The van der Waals surface area contributed by atoms with Gasteiger partial charge < -0.3 is 16.4 Å². The summed E-state index contributed by atoms with van der Waals surface area (Å²) in [5.41, 5.74) is 18.8. The van der Waals surface area contributed by atoms with Crippen molar-refractivity contribution in [3.8, 4) is 0 Å². The highest BCUT2D eigenvalue weighted by Crippen LogP contribution is 2.33. The normalized spacial score (nSPS) is 12.7. The van der Waals surface area contributed by atoms with Gasteiger partial charge in [-0.05, 0) is 47.1 Å². The van der Waals surface area contributed by atoms with Crippen molar-refractivity contribution in [3.63, 3.8) is 0 Å². The summed E-state index contributed by atoms with van der Waals surface area (Å²) in [6.45, 7) is 0.759. The minimum Gasteiger partial charge on any atom is -0.383 e. The quantitative estimate of drug-likeness (QED) is 0.516. The second-order valence-corrected chi connectivity index (χ2v) is 8.02. The summed E-state index contributed by atoms with van der Waals surface area (Å²) in [5.74, 6) is 0.977. The molecule has 7 heteroatoms. The van der Waals surface area contributed by atoms with Crippen molar-refractivity contribution in [2.24, 2.45) is 0 Å². The van der Waals surface area contributed by atoms with E-state index in [0.29, 0.717) is 17.0 Å². The molecule has 4 N–H and O–H groups in total. The second-order valence-electron chi connectivity index (χ2n) is 8.02. The molecule has 0 spiro atoms. The van der Waals surface area contributed by atoms with Crippen molar-refractivity contribution in [2.75, 3.05) is 30.0 Å². The molecule has 7 nitrogen and oxygen atoms in total. The van der Waals surface area contributed by atoms with E-state index >= 15 is 0 Å². The number of aryl methyl sites for hydroxylation is 2. The van der Waals surface area contributed by atoms with E-state index in [1.54, 1.807) is 6.20 Å². The number of fused-ring (bicyclic) bond motifs is 3. The molecule has 32 heavy (non-hydrogen) atoms. The molecule has 160 valence electrons. The van der Waals surface area contributed by atoms with E-state index in [1.807, 2.05) is 11.9 Å². The molecule has 2 aromatic heterocycles. The molecular formula is C25H25N7. The largest absolute Gasteiger partial charge is 0.383 e. The van der Waals surface area contributed by atoms with Crippen LogP contribution in [0.4, 0.5) is 17.7 Å². The Hall–Kier alpha value is -4.00. The van der Waals surface area contributed by atoms with Crippen LogP contribution in [-0.4, -0.2) is 33.5 Å². The molecule has 0 fully saturated rings. The maximum atomic E-state index is 5.90. The lowest BCUT2D eigenvalue weighted by Crippen LogP contribution is -2.21. The van der Waals surface area contributed by atoms with Gasteiger partial charge in [0.05, 0.1) is 5.39 Å². The van der Waals surface area contributed by atoms with Crippen LogP contribution < -0.4 is 16.4 Å². The number of nitrogens with zero attached hydrogens (tertiary/aromatic N) is 5. The summed E-state index contributed by atoms with van der Waals surface area (Å²) in [6, 6.07) is 17.4. The third kappa shape index (κ3) is 3.73. The van der Waals surface area contributed by atoms with Crippen molar-refractivity contribution in [2.45, 2.75) is 19.3 Å². The molecular weight excluding hydrogens is 398 g/mol. The number of aromatic nitrogens is 4. The number of nitrogens with two attached hydrogens (primary N) is 2. The molecule has 1 aliphatic carbocycles. The Morgan fingerprint density at radius 3 is 2.25 bits per heavy atom. The summed E-state index contributed by atoms with van der Waals surface area (Å²) >= 11 is 0. The fraction of sp³-hybridized carbons (Fsp3) is 0.200. The minimum absolute atomic E-state index is 0.109. The predicted octanol–water partition coefficient (Wildman–Crippen LogP) is 3.64. The van der Waals surface area contributed by atoms with Crippen LogP contribution in [-0.2, 0) is 12.8 Å². The molecule has 0 bridgehead atoms. The van der Waals surface area contributed by atoms with Gasteiger partial charge in [-0.15, -0.1) is 0 Å².